The van der Waals surface area contributed by atoms with Crippen molar-refractivity contribution in [3.63, 3.8) is 0 Å². The maximum atomic E-state index is 12.1. The second-order valence-corrected chi connectivity index (χ2v) is 5.48. The third-order valence-corrected chi connectivity index (χ3v) is 3.49. The first-order valence-corrected chi connectivity index (χ1v) is 7.39. The highest BCUT2D eigenvalue weighted by Crippen LogP contribution is 2.22. The Morgan fingerprint density at radius 1 is 1.29 bits per heavy atom. The quantitative estimate of drug-likeness (QED) is 0.815. The summed E-state index contributed by atoms with van der Waals surface area (Å²) in [4.78, 5) is 12.1. The molecule has 1 aliphatic heterocycles. The second kappa shape index (κ2) is 7.43. The van der Waals surface area contributed by atoms with Crippen LogP contribution in [0, 0.1) is 0 Å². The number of nitrogens with one attached hydrogen (secondary N) is 1. The number of anilines is 1. The zero-order valence-corrected chi connectivity index (χ0v) is 12.5. The Balaban J connectivity index is 1.90. The highest BCUT2D eigenvalue weighted by Gasteiger charge is 2.27. The van der Waals surface area contributed by atoms with Gasteiger partial charge in [0.2, 0.25) is 0 Å². The number of carbonyl (C=O) groups excluding carboxylic acids is 1. The van der Waals surface area contributed by atoms with Crippen molar-refractivity contribution in [3.8, 4) is 0 Å². The summed E-state index contributed by atoms with van der Waals surface area (Å²) in [6.45, 7) is 4.56. The average Bonchev–Trinajstić information content (AvgIpc) is 2.44. The van der Waals surface area contributed by atoms with Gasteiger partial charge < -0.3 is 19.9 Å². The SMILES string of the molecule is CC1CC(OC(=O)c2ccc(NCCO)cc2)CC(C)O1. The van der Waals surface area contributed by atoms with Gasteiger partial charge in [0.1, 0.15) is 6.10 Å². The minimum absolute atomic E-state index is 0.0733. The third kappa shape index (κ3) is 4.72. The zero-order chi connectivity index (χ0) is 15.2. The summed E-state index contributed by atoms with van der Waals surface area (Å²) in [6, 6.07) is 7.07. The van der Waals surface area contributed by atoms with Crippen LogP contribution in [-0.4, -0.2) is 42.5 Å². The Hall–Kier alpha value is -1.59. The van der Waals surface area contributed by atoms with Crippen LogP contribution in [0.2, 0.25) is 0 Å². The summed E-state index contributed by atoms with van der Waals surface area (Å²) >= 11 is 0. The molecule has 1 heterocycles. The monoisotopic (exact) mass is 293 g/mol. The molecule has 1 aromatic rings. The number of hydrogen-bond donors (Lipinski definition) is 2. The van der Waals surface area contributed by atoms with Crippen molar-refractivity contribution in [2.45, 2.75) is 45.0 Å². The van der Waals surface area contributed by atoms with Gasteiger partial charge in [-0.25, -0.2) is 4.79 Å². The lowest BCUT2D eigenvalue weighted by molar-refractivity contribution is -0.0855. The van der Waals surface area contributed by atoms with Gasteiger partial charge in [0.05, 0.1) is 24.4 Å². The first-order valence-electron chi connectivity index (χ1n) is 7.39. The lowest BCUT2D eigenvalue weighted by Gasteiger charge is -2.31. The van der Waals surface area contributed by atoms with E-state index in [0.29, 0.717) is 12.1 Å². The predicted molar refractivity (Wildman–Crippen MR) is 80.5 cm³/mol. The van der Waals surface area contributed by atoms with Crippen molar-refractivity contribution >= 4 is 11.7 Å². The minimum atomic E-state index is -0.296. The molecule has 0 amide bonds. The Labute approximate surface area is 125 Å². The molecular formula is C16H23NO4. The number of esters is 1. The Bertz CT molecular complexity index is 450. The molecule has 5 heteroatoms. The number of carbonyl (C=O) groups is 1. The van der Waals surface area contributed by atoms with Crippen molar-refractivity contribution in [2.75, 3.05) is 18.5 Å². The molecule has 1 aliphatic rings. The molecule has 2 atom stereocenters. The Kier molecular flexibility index (Phi) is 5.59. The van der Waals surface area contributed by atoms with Crippen molar-refractivity contribution in [3.05, 3.63) is 29.8 Å². The molecule has 1 fully saturated rings. The number of aliphatic hydroxyl groups is 1. The Morgan fingerprint density at radius 3 is 2.48 bits per heavy atom. The molecule has 116 valence electrons. The van der Waals surface area contributed by atoms with E-state index in [0.717, 1.165) is 18.5 Å². The molecule has 0 aromatic heterocycles. The largest absolute Gasteiger partial charge is 0.459 e. The van der Waals surface area contributed by atoms with Crippen LogP contribution < -0.4 is 5.32 Å². The van der Waals surface area contributed by atoms with E-state index in [-0.39, 0.29) is 30.9 Å². The van der Waals surface area contributed by atoms with Crippen molar-refractivity contribution in [1.82, 2.24) is 0 Å². The molecule has 0 bridgehead atoms. The molecule has 0 spiro atoms. The van der Waals surface area contributed by atoms with E-state index in [4.69, 9.17) is 14.6 Å². The molecule has 2 N–H and O–H groups in total. The van der Waals surface area contributed by atoms with Crippen molar-refractivity contribution in [1.29, 1.82) is 0 Å². The number of ether oxygens (including phenoxy) is 2. The summed E-state index contributed by atoms with van der Waals surface area (Å²) in [5.74, 6) is -0.296. The predicted octanol–water partition coefficient (Wildman–Crippen LogP) is 2.20. The van der Waals surface area contributed by atoms with E-state index >= 15 is 0 Å². The van der Waals surface area contributed by atoms with Crippen LogP contribution in [0.25, 0.3) is 0 Å². The van der Waals surface area contributed by atoms with Crippen LogP contribution in [-0.2, 0) is 9.47 Å². The van der Waals surface area contributed by atoms with Gasteiger partial charge >= 0.3 is 5.97 Å². The van der Waals surface area contributed by atoms with E-state index in [1.54, 1.807) is 12.1 Å². The lowest BCUT2D eigenvalue weighted by atomic mass is 10.0. The van der Waals surface area contributed by atoms with E-state index < -0.39 is 0 Å². The second-order valence-electron chi connectivity index (χ2n) is 5.48. The highest BCUT2D eigenvalue weighted by molar-refractivity contribution is 5.89. The van der Waals surface area contributed by atoms with E-state index in [9.17, 15) is 4.79 Å². The first-order chi connectivity index (χ1) is 10.1. The smallest absolute Gasteiger partial charge is 0.338 e. The number of rotatable bonds is 5. The summed E-state index contributed by atoms with van der Waals surface area (Å²) in [6.07, 6.45) is 1.65. The number of benzene rings is 1. The summed E-state index contributed by atoms with van der Waals surface area (Å²) in [5.41, 5.74) is 1.41. The Morgan fingerprint density at radius 2 is 1.90 bits per heavy atom. The van der Waals surface area contributed by atoms with Crippen LogP contribution >= 0.6 is 0 Å². The summed E-state index contributed by atoms with van der Waals surface area (Å²) < 4.78 is 11.2. The van der Waals surface area contributed by atoms with Gasteiger partial charge in [-0.05, 0) is 38.1 Å². The first kappa shape index (κ1) is 15.8. The molecule has 2 unspecified atom stereocenters. The third-order valence-electron chi connectivity index (χ3n) is 3.49. The summed E-state index contributed by atoms with van der Waals surface area (Å²) in [7, 11) is 0. The van der Waals surface area contributed by atoms with Gasteiger partial charge in [0.25, 0.3) is 0 Å². The average molecular weight is 293 g/mol. The molecule has 1 aromatic carbocycles. The van der Waals surface area contributed by atoms with Crippen LogP contribution in [0.1, 0.15) is 37.0 Å². The van der Waals surface area contributed by atoms with Gasteiger partial charge in [0.15, 0.2) is 0 Å². The summed E-state index contributed by atoms with van der Waals surface area (Å²) in [5, 5.41) is 11.8. The molecule has 0 saturated carbocycles. The number of aliphatic hydroxyl groups excluding tert-OH is 1. The van der Waals surface area contributed by atoms with E-state index in [1.165, 1.54) is 0 Å². The minimum Gasteiger partial charge on any atom is -0.459 e. The standard InChI is InChI=1S/C16H23NO4/c1-11-9-15(10-12(2)20-11)21-16(19)13-3-5-14(6-4-13)17-7-8-18/h3-6,11-12,15,17-18H,7-10H2,1-2H3. The van der Waals surface area contributed by atoms with E-state index in [1.807, 2.05) is 26.0 Å². The van der Waals surface area contributed by atoms with Crippen LogP contribution in [0.3, 0.4) is 0 Å². The zero-order valence-electron chi connectivity index (χ0n) is 12.5. The molecule has 2 rings (SSSR count). The molecule has 0 radical (unpaired) electrons. The fraction of sp³-hybridized carbons (Fsp3) is 0.562. The van der Waals surface area contributed by atoms with Crippen LogP contribution in [0.4, 0.5) is 5.69 Å². The van der Waals surface area contributed by atoms with Crippen LogP contribution in [0.15, 0.2) is 24.3 Å². The topological polar surface area (TPSA) is 67.8 Å². The molecule has 21 heavy (non-hydrogen) atoms. The van der Waals surface area contributed by atoms with Crippen molar-refractivity contribution < 1.29 is 19.4 Å². The fourth-order valence-electron chi connectivity index (χ4n) is 2.58. The fourth-order valence-corrected chi connectivity index (χ4v) is 2.58. The molecular weight excluding hydrogens is 270 g/mol. The van der Waals surface area contributed by atoms with Crippen LogP contribution in [0.5, 0.6) is 0 Å². The van der Waals surface area contributed by atoms with Gasteiger partial charge in [-0.2, -0.15) is 0 Å². The lowest BCUT2D eigenvalue weighted by Crippen LogP contribution is -2.35. The highest BCUT2D eigenvalue weighted by atomic mass is 16.6. The van der Waals surface area contributed by atoms with Gasteiger partial charge in [0, 0.05) is 25.1 Å². The normalized spacial score (nSPS) is 25.4. The van der Waals surface area contributed by atoms with Gasteiger partial charge in [-0.3, -0.25) is 0 Å². The maximum Gasteiger partial charge on any atom is 0.338 e. The molecule has 1 saturated heterocycles. The number of hydrogen-bond acceptors (Lipinski definition) is 5. The maximum absolute atomic E-state index is 12.1. The van der Waals surface area contributed by atoms with Gasteiger partial charge in [-0.1, -0.05) is 0 Å². The molecule has 0 aliphatic carbocycles. The molecule has 5 nitrogen and oxygen atoms in total. The van der Waals surface area contributed by atoms with Gasteiger partial charge in [-0.15, -0.1) is 0 Å². The van der Waals surface area contributed by atoms with Crippen molar-refractivity contribution in [2.24, 2.45) is 0 Å². The van der Waals surface area contributed by atoms with E-state index in [2.05, 4.69) is 5.32 Å².